The van der Waals surface area contributed by atoms with E-state index in [-0.39, 0.29) is 30.2 Å². The number of hydrogen-bond donors (Lipinski definition) is 1. The molecule has 102 valence electrons. The van der Waals surface area contributed by atoms with Crippen LogP contribution in [0.15, 0.2) is 0 Å². The fourth-order valence-electron chi connectivity index (χ4n) is 3.14. The van der Waals surface area contributed by atoms with Crippen molar-refractivity contribution < 1.29 is 14.7 Å². The number of aliphatic hydroxyl groups is 1. The summed E-state index contributed by atoms with van der Waals surface area (Å²) in [4.78, 5) is 25.8. The van der Waals surface area contributed by atoms with Crippen molar-refractivity contribution in [3.63, 3.8) is 0 Å². The third kappa shape index (κ3) is 2.18. The number of rotatable bonds is 4. The van der Waals surface area contributed by atoms with E-state index >= 15 is 0 Å². The van der Waals surface area contributed by atoms with Crippen molar-refractivity contribution in [1.29, 1.82) is 0 Å². The van der Waals surface area contributed by atoms with Crippen LogP contribution in [0.5, 0.6) is 0 Å². The largest absolute Gasteiger partial charge is 0.388 e. The fraction of sp³-hybridized carbons (Fsp3) is 0.857. The smallest absolute Gasteiger partial charge is 0.233 e. The zero-order chi connectivity index (χ0) is 13.5. The summed E-state index contributed by atoms with van der Waals surface area (Å²) >= 11 is 0. The molecule has 1 heterocycles. The van der Waals surface area contributed by atoms with Crippen LogP contribution in [0, 0.1) is 17.8 Å². The van der Waals surface area contributed by atoms with Crippen LogP contribution in [-0.2, 0) is 9.59 Å². The minimum Gasteiger partial charge on any atom is -0.388 e. The Labute approximate surface area is 108 Å². The number of likely N-dealkylation sites (tertiary alicyclic amines) is 1. The number of imide groups is 1. The molecule has 3 atom stereocenters. The van der Waals surface area contributed by atoms with Gasteiger partial charge in [0.25, 0.3) is 0 Å². The molecule has 1 aliphatic carbocycles. The van der Waals surface area contributed by atoms with E-state index in [1.54, 1.807) is 6.92 Å². The van der Waals surface area contributed by atoms with Crippen LogP contribution in [0.1, 0.15) is 46.5 Å². The first-order chi connectivity index (χ1) is 8.39. The van der Waals surface area contributed by atoms with Crippen molar-refractivity contribution in [3.8, 4) is 0 Å². The Morgan fingerprint density at radius 3 is 2.11 bits per heavy atom. The molecule has 0 aromatic rings. The first-order valence-corrected chi connectivity index (χ1v) is 6.97. The normalized spacial score (nSPS) is 34.9. The Kier molecular flexibility index (Phi) is 3.49. The van der Waals surface area contributed by atoms with Crippen molar-refractivity contribution in [1.82, 2.24) is 4.90 Å². The summed E-state index contributed by atoms with van der Waals surface area (Å²) in [6, 6.07) is 0. The summed E-state index contributed by atoms with van der Waals surface area (Å²) < 4.78 is 0. The minimum atomic E-state index is -0.964. The molecule has 1 saturated heterocycles. The van der Waals surface area contributed by atoms with Crippen molar-refractivity contribution in [2.45, 2.75) is 52.1 Å². The summed E-state index contributed by atoms with van der Waals surface area (Å²) in [6.45, 7) is 5.79. The molecule has 0 bridgehead atoms. The van der Waals surface area contributed by atoms with Crippen molar-refractivity contribution in [3.05, 3.63) is 0 Å². The average molecular weight is 253 g/mol. The number of amides is 2. The summed E-state index contributed by atoms with van der Waals surface area (Å²) in [6.07, 6.45) is 3.27. The highest BCUT2D eigenvalue weighted by molar-refractivity contribution is 6.05. The third-order valence-electron chi connectivity index (χ3n) is 4.66. The maximum absolute atomic E-state index is 12.2. The zero-order valence-corrected chi connectivity index (χ0v) is 11.5. The molecule has 4 heteroatoms. The molecule has 1 aliphatic heterocycles. The molecule has 4 nitrogen and oxygen atoms in total. The van der Waals surface area contributed by atoms with Gasteiger partial charge in [0.1, 0.15) is 0 Å². The molecule has 0 spiro atoms. The lowest BCUT2D eigenvalue weighted by molar-refractivity contribution is -0.144. The molecule has 2 amide bonds. The first kappa shape index (κ1) is 13.5. The van der Waals surface area contributed by atoms with Gasteiger partial charge in [0.05, 0.1) is 24.0 Å². The molecule has 0 aromatic carbocycles. The molecular formula is C14H23NO3. The molecule has 2 aliphatic rings. The molecule has 0 radical (unpaired) electrons. The van der Waals surface area contributed by atoms with Gasteiger partial charge in [-0.1, -0.05) is 20.3 Å². The SMILES string of the molecule is CCC1CC2C(=O)N(CC(C)(O)CC)C(=O)C2C1. The molecular weight excluding hydrogens is 230 g/mol. The van der Waals surface area contributed by atoms with Gasteiger partial charge in [-0.15, -0.1) is 0 Å². The molecule has 3 unspecified atom stereocenters. The fourth-order valence-corrected chi connectivity index (χ4v) is 3.14. The van der Waals surface area contributed by atoms with E-state index in [1.165, 1.54) is 4.90 Å². The van der Waals surface area contributed by atoms with Gasteiger partial charge in [0.2, 0.25) is 11.8 Å². The van der Waals surface area contributed by atoms with Crippen molar-refractivity contribution in [2.24, 2.45) is 17.8 Å². The van der Waals surface area contributed by atoms with Crippen LogP contribution in [-0.4, -0.2) is 34.0 Å². The Hall–Kier alpha value is -0.900. The number of nitrogens with zero attached hydrogens (tertiary/aromatic N) is 1. The maximum Gasteiger partial charge on any atom is 0.233 e. The summed E-state index contributed by atoms with van der Waals surface area (Å²) in [7, 11) is 0. The standard InChI is InChI=1S/C14H23NO3/c1-4-9-6-10-11(7-9)13(17)15(12(10)16)8-14(3,18)5-2/h9-11,18H,4-8H2,1-3H3. The molecule has 2 rings (SSSR count). The second-order valence-corrected chi connectivity index (χ2v) is 6.07. The average Bonchev–Trinajstić information content (AvgIpc) is 2.85. The van der Waals surface area contributed by atoms with E-state index in [1.807, 2.05) is 6.92 Å². The Balaban J connectivity index is 2.10. The number of fused-ring (bicyclic) bond motifs is 1. The number of carbonyl (C=O) groups is 2. The lowest BCUT2D eigenvalue weighted by Gasteiger charge is -2.27. The minimum absolute atomic E-state index is 0.0605. The topological polar surface area (TPSA) is 57.6 Å². The summed E-state index contributed by atoms with van der Waals surface area (Å²) in [5.41, 5.74) is -0.964. The lowest BCUT2D eigenvalue weighted by atomic mass is 10.00. The van der Waals surface area contributed by atoms with Gasteiger partial charge >= 0.3 is 0 Å². The van der Waals surface area contributed by atoms with E-state index in [4.69, 9.17) is 0 Å². The quantitative estimate of drug-likeness (QED) is 0.774. The van der Waals surface area contributed by atoms with Gasteiger partial charge in [-0.25, -0.2) is 0 Å². The zero-order valence-electron chi connectivity index (χ0n) is 11.5. The van der Waals surface area contributed by atoms with Gasteiger partial charge in [0.15, 0.2) is 0 Å². The Bertz CT molecular complexity index is 340. The Morgan fingerprint density at radius 1 is 1.22 bits per heavy atom. The number of carbonyl (C=O) groups excluding carboxylic acids is 2. The third-order valence-corrected chi connectivity index (χ3v) is 4.66. The van der Waals surface area contributed by atoms with Crippen molar-refractivity contribution >= 4 is 11.8 Å². The van der Waals surface area contributed by atoms with Gasteiger partial charge < -0.3 is 5.11 Å². The highest BCUT2D eigenvalue weighted by Gasteiger charge is 2.52. The van der Waals surface area contributed by atoms with E-state index in [9.17, 15) is 14.7 Å². The monoisotopic (exact) mass is 253 g/mol. The number of hydrogen-bond acceptors (Lipinski definition) is 3. The highest BCUT2D eigenvalue weighted by Crippen LogP contribution is 2.44. The molecule has 1 saturated carbocycles. The molecule has 0 aromatic heterocycles. The van der Waals surface area contributed by atoms with Crippen molar-refractivity contribution in [2.75, 3.05) is 6.54 Å². The first-order valence-electron chi connectivity index (χ1n) is 6.97. The van der Waals surface area contributed by atoms with Crippen LogP contribution in [0.4, 0.5) is 0 Å². The van der Waals surface area contributed by atoms with Gasteiger partial charge in [-0.05, 0) is 32.1 Å². The summed E-state index contributed by atoms with van der Waals surface area (Å²) in [5, 5.41) is 10.0. The van der Waals surface area contributed by atoms with Crippen LogP contribution < -0.4 is 0 Å². The summed E-state index contributed by atoms with van der Waals surface area (Å²) in [5.74, 6) is 0.163. The molecule has 18 heavy (non-hydrogen) atoms. The van der Waals surface area contributed by atoms with Crippen LogP contribution >= 0.6 is 0 Å². The van der Waals surface area contributed by atoms with Crippen LogP contribution in [0.3, 0.4) is 0 Å². The second-order valence-electron chi connectivity index (χ2n) is 6.07. The lowest BCUT2D eigenvalue weighted by Crippen LogP contribution is -2.44. The predicted octanol–water partition coefficient (Wildman–Crippen LogP) is 1.57. The van der Waals surface area contributed by atoms with Gasteiger partial charge in [0, 0.05) is 0 Å². The van der Waals surface area contributed by atoms with Crippen LogP contribution in [0.25, 0.3) is 0 Å². The molecule has 2 fully saturated rings. The highest BCUT2D eigenvalue weighted by atomic mass is 16.3. The van der Waals surface area contributed by atoms with E-state index in [0.717, 1.165) is 19.3 Å². The van der Waals surface area contributed by atoms with Gasteiger partial charge in [-0.2, -0.15) is 0 Å². The van der Waals surface area contributed by atoms with Gasteiger partial charge in [-0.3, -0.25) is 14.5 Å². The second kappa shape index (κ2) is 4.65. The van der Waals surface area contributed by atoms with E-state index in [2.05, 4.69) is 6.92 Å². The van der Waals surface area contributed by atoms with E-state index < -0.39 is 5.60 Å². The predicted molar refractivity (Wildman–Crippen MR) is 67.6 cm³/mol. The number of β-amino-alcohol motifs (C(OH)–C–C–N with tert-alkyl or cyclic N) is 1. The maximum atomic E-state index is 12.2. The van der Waals surface area contributed by atoms with E-state index in [0.29, 0.717) is 12.3 Å². The Morgan fingerprint density at radius 2 is 1.72 bits per heavy atom. The van der Waals surface area contributed by atoms with Crippen LogP contribution in [0.2, 0.25) is 0 Å². The molecule has 1 N–H and O–H groups in total.